The van der Waals surface area contributed by atoms with Gasteiger partial charge in [-0.25, -0.2) is 4.79 Å². The maximum atomic E-state index is 12.6. The standard InChI is InChI=1S/C21H21N3O7S/c1-22(2)16-5-3-4-14(10-16)21(28)32-18-11-17(25)23(18)19(26)20(27)31-12-13-6-8-15(9-7-13)24(29)30/h3-10,18-19,26H,11-12H2,1-2H3/t18-,19?/m0/s1. The molecule has 1 saturated heterocycles. The van der Waals surface area contributed by atoms with Crippen molar-refractivity contribution in [2.45, 2.75) is 24.6 Å². The van der Waals surface area contributed by atoms with E-state index in [0.717, 1.165) is 22.3 Å². The molecule has 0 saturated carbocycles. The number of nitro benzene ring substituents is 1. The highest BCUT2D eigenvalue weighted by Crippen LogP contribution is 2.34. The van der Waals surface area contributed by atoms with Crippen LogP contribution in [0.3, 0.4) is 0 Å². The van der Waals surface area contributed by atoms with E-state index in [1.165, 1.54) is 24.3 Å². The molecule has 1 fully saturated rings. The largest absolute Gasteiger partial charge is 0.457 e. The number of benzene rings is 2. The number of nitro groups is 1. The smallest absolute Gasteiger partial charge is 0.356 e. The van der Waals surface area contributed by atoms with Gasteiger partial charge in [0.15, 0.2) is 0 Å². The molecule has 1 aliphatic heterocycles. The lowest BCUT2D eigenvalue weighted by atomic mass is 10.2. The van der Waals surface area contributed by atoms with E-state index in [2.05, 4.69) is 0 Å². The Morgan fingerprint density at radius 2 is 1.97 bits per heavy atom. The molecule has 2 aromatic carbocycles. The number of aliphatic hydroxyl groups is 1. The molecule has 3 rings (SSSR count). The molecule has 11 heteroatoms. The Balaban J connectivity index is 1.58. The fourth-order valence-electron chi connectivity index (χ4n) is 2.95. The van der Waals surface area contributed by atoms with Gasteiger partial charge in [-0.2, -0.15) is 0 Å². The SMILES string of the molecule is CN(C)c1cccc(C(=O)S[C@H]2CC(=O)N2C(O)C(=O)OCc2ccc([N+](=O)[O-])cc2)c1. The van der Waals surface area contributed by atoms with Crippen molar-refractivity contribution in [3.8, 4) is 0 Å². The zero-order chi connectivity index (χ0) is 23.4. The molecule has 0 aromatic heterocycles. The summed E-state index contributed by atoms with van der Waals surface area (Å²) in [6.07, 6.45) is -1.84. The number of hydrogen-bond acceptors (Lipinski definition) is 9. The Morgan fingerprint density at radius 1 is 1.28 bits per heavy atom. The maximum Gasteiger partial charge on any atom is 0.356 e. The Kier molecular flexibility index (Phi) is 7.11. The van der Waals surface area contributed by atoms with Gasteiger partial charge in [0.2, 0.25) is 17.3 Å². The summed E-state index contributed by atoms with van der Waals surface area (Å²) in [5, 5.41) is 20.0. The van der Waals surface area contributed by atoms with Gasteiger partial charge in [-0.15, -0.1) is 0 Å². The molecule has 0 aliphatic carbocycles. The van der Waals surface area contributed by atoms with Crippen molar-refractivity contribution in [1.82, 2.24) is 4.90 Å². The number of carbonyl (C=O) groups is 3. The van der Waals surface area contributed by atoms with E-state index < -0.39 is 28.4 Å². The highest BCUT2D eigenvalue weighted by Gasteiger charge is 2.45. The fourth-order valence-corrected chi connectivity index (χ4v) is 4.04. The number of carbonyl (C=O) groups excluding carboxylic acids is 3. The number of thioether (sulfide) groups is 1. The molecule has 1 amide bonds. The van der Waals surface area contributed by atoms with Crippen molar-refractivity contribution in [3.05, 3.63) is 69.8 Å². The van der Waals surface area contributed by atoms with Crippen LogP contribution in [0.15, 0.2) is 48.5 Å². The van der Waals surface area contributed by atoms with E-state index in [1.807, 2.05) is 25.1 Å². The molecule has 1 unspecified atom stereocenters. The lowest BCUT2D eigenvalue weighted by molar-refractivity contribution is -0.384. The summed E-state index contributed by atoms with van der Waals surface area (Å²) in [5.41, 5.74) is 1.66. The monoisotopic (exact) mass is 459 g/mol. The number of amides is 1. The van der Waals surface area contributed by atoms with E-state index >= 15 is 0 Å². The first kappa shape index (κ1) is 23.2. The van der Waals surface area contributed by atoms with Gasteiger partial charge < -0.3 is 14.7 Å². The third-order valence-corrected chi connectivity index (χ3v) is 5.91. The number of ether oxygens (including phenoxy) is 1. The number of aliphatic hydroxyl groups excluding tert-OH is 1. The number of rotatable bonds is 8. The van der Waals surface area contributed by atoms with Gasteiger partial charge in [0, 0.05) is 37.5 Å². The number of non-ortho nitro benzene ring substituents is 1. The van der Waals surface area contributed by atoms with E-state index in [4.69, 9.17) is 4.74 Å². The summed E-state index contributed by atoms with van der Waals surface area (Å²) < 4.78 is 5.02. The van der Waals surface area contributed by atoms with Crippen molar-refractivity contribution in [2.75, 3.05) is 19.0 Å². The second-order valence-corrected chi connectivity index (χ2v) is 8.37. The Bertz CT molecular complexity index is 1040. The molecule has 10 nitrogen and oxygen atoms in total. The van der Waals surface area contributed by atoms with Crippen LogP contribution in [-0.4, -0.2) is 57.6 Å². The number of β-lactam (4-membered cyclic amide) rings is 1. The van der Waals surface area contributed by atoms with Crippen LogP contribution in [0.4, 0.5) is 11.4 Å². The normalized spacial score (nSPS) is 16.2. The van der Waals surface area contributed by atoms with Crippen LogP contribution in [0.1, 0.15) is 22.3 Å². The van der Waals surface area contributed by atoms with Crippen LogP contribution >= 0.6 is 11.8 Å². The number of anilines is 1. The third kappa shape index (κ3) is 5.24. The number of nitrogens with zero attached hydrogens (tertiary/aromatic N) is 3. The molecule has 32 heavy (non-hydrogen) atoms. The van der Waals surface area contributed by atoms with Gasteiger partial charge in [-0.1, -0.05) is 23.9 Å². The minimum absolute atomic E-state index is 0.0104. The van der Waals surface area contributed by atoms with E-state index in [0.29, 0.717) is 11.1 Å². The van der Waals surface area contributed by atoms with Gasteiger partial charge in [0.1, 0.15) is 6.61 Å². The Hall–Kier alpha value is -3.44. The van der Waals surface area contributed by atoms with Crippen molar-refractivity contribution < 1.29 is 29.2 Å². The van der Waals surface area contributed by atoms with Crippen LogP contribution in [0.25, 0.3) is 0 Å². The third-order valence-electron chi connectivity index (χ3n) is 4.79. The molecule has 168 valence electrons. The quantitative estimate of drug-likeness (QED) is 0.273. The molecule has 0 bridgehead atoms. The molecular weight excluding hydrogens is 438 g/mol. The van der Waals surface area contributed by atoms with Crippen LogP contribution in [0.2, 0.25) is 0 Å². The molecule has 1 aliphatic rings. The van der Waals surface area contributed by atoms with Gasteiger partial charge in [0.25, 0.3) is 5.69 Å². The van der Waals surface area contributed by atoms with Crippen molar-refractivity contribution >= 4 is 40.1 Å². The molecule has 2 aromatic rings. The predicted molar refractivity (Wildman–Crippen MR) is 117 cm³/mol. The van der Waals surface area contributed by atoms with Crippen LogP contribution in [0.5, 0.6) is 0 Å². The summed E-state index contributed by atoms with van der Waals surface area (Å²) in [6.45, 7) is -0.232. The minimum atomic E-state index is -1.85. The number of likely N-dealkylation sites (tertiary alicyclic amines) is 1. The topological polar surface area (TPSA) is 130 Å². The van der Waals surface area contributed by atoms with Crippen molar-refractivity contribution in [1.29, 1.82) is 0 Å². The number of hydrogen-bond donors (Lipinski definition) is 1. The van der Waals surface area contributed by atoms with Gasteiger partial charge >= 0.3 is 5.97 Å². The predicted octanol–water partition coefficient (Wildman–Crippen LogP) is 2.15. The molecule has 1 heterocycles. The van der Waals surface area contributed by atoms with Crippen molar-refractivity contribution in [2.24, 2.45) is 0 Å². The molecule has 0 spiro atoms. The van der Waals surface area contributed by atoms with Crippen LogP contribution in [0, 0.1) is 10.1 Å². The minimum Gasteiger partial charge on any atom is -0.457 e. The second kappa shape index (κ2) is 9.79. The van der Waals surface area contributed by atoms with Crippen molar-refractivity contribution in [3.63, 3.8) is 0 Å². The first-order chi connectivity index (χ1) is 15.2. The van der Waals surface area contributed by atoms with E-state index in [1.54, 1.807) is 18.2 Å². The first-order valence-electron chi connectivity index (χ1n) is 9.55. The lowest BCUT2D eigenvalue weighted by Crippen LogP contribution is -2.59. The van der Waals surface area contributed by atoms with Gasteiger partial charge in [-0.3, -0.25) is 24.6 Å². The highest BCUT2D eigenvalue weighted by atomic mass is 32.2. The zero-order valence-electron chi connectivity index (χ0n) is 17.3. The summed E-state index contributed by atoms with van der Waals surface area (Å²) in [6, 6.07) is 12.3. The molecular formula is C21H21N3O7S. The highest BCUT2D eigenvalue weighted by molar-refractivity contribution is 8.14. The summed E-state index contributed by atoms with van der Waals surface area (Å²) in [4.78, 5) is 49.7. The lowest BCUT2D eigenvalue weighted by Gasteiger charge is -2.41. The van der Waals surface area contributed by atoms with E-state index in [-0.39, 0.29) is 23.8 Å². The molecule has 1 N–H and O–H groups in total. The molecule has 2 atom stereocenters. The second-order valence-electron chi connectivity index (χ2n) is 7.21. The maximum absolute atomic E-state index is 12.6. The Morgan fingerprint density at radius 3 is 2.56 bits per heavy atom. The average Bonchev–Trinajstić information content (AvgIpc) is 2.77. The average molecular weight is 459 g/mol. The zero-order valence-corrected chi connectivity index (χ0v) is 18.2. The fraction of sp³-hybridized carbons (Fsp3) is 0.286. The van der Waals surface area contributed by atoms with Crippen LogP contribution in [-0.2, 0) is 20.9 Å². The van der Waals surface area contributed by atoms with Gasteiger partial charge in [-0.05, 0) is 29.8 Å². The van der Waals surface area contributed by atoms with Crippen LogP contribution < -0.4 is 4.90 Å². The Labute approximate surface area is 187 Å². The molecule has 0 radical (unpaired) electrons. The first-order valence-corrected chi connectivity index (χ1v) is 10.4. The van der Waals surface area contributed by atoms with E-state index in [9.17, 15) is 29.6 Å². The van der Waals surface area contributed by atoms with Gasteiger partial charge in [0.05, 0.1) is 16.7 Å². The summed E-state index contributed by atoms with van der Waals surface area (Å²) >= 11 is 0.852. The number of esters is 1. The summed E-state index contributed by atoms with van der Waals surface area (Å²) in [7, 11) is 3.70. The summed E-state index contributed by atoms with van der Waals surface area (Å²) in [5.74, 6) is -1.53.